The number of nitrogens with two attached hydrogens (primary N) is 1. The number of aliphatic imine (C=N–C) groups is 1. The molecule has 3 rings (SSSR count). The number of aromatic nitrogens is 1. The van der Waals surface area contributed by atoms with E-state index in [0.717, 1.165) is 17.0 Å². The first-order chi connectivity index (χ1) is 12.5. The van der Waals surface area contributed by atoms with Crippen molar-refractivity contribution in [1.82, 2.24) is 4.98 Å². The van der Waals surface area contributed by atoms with Gasteiger partial charge in [0.05, 0.1) is 6.20 Å². The molecule has 0 aliphatic heterocycles. The zero-order chi connectivity index (χ0) is 18.5. The van der Waals surface area contributed by atoms with Gasteiger partial charge < -0.3 is 15.5 Å². The standard InChI is InChI=1S/C21H24N4O.HI/c1-14(2)17-5-4-6-18(11-17)25-21(22)24-13-20-23-12-19(26-20)16-9-7-15(3)8-10-16;/h4-12,14H,13H2,1-3H3,(H3,22,24,25);1H. The highest BCUT2D eigenvalue weighted by Crippen LogP contribution is 2.21. The van der Waals surface area contributed by atoms with Crippen LogP contribution in [-0.4, -0.2) is 10.9 Å². The molecule has 0 fully saturated rings. The van der Waals surface area contributed by atoms with Crippen molar-refractivity contribution in [3.8, 4) is 11.3 Å². The Balaban J connectivity index is 0.00000261. The van der Waals surface area contributed by atoms with E-state index in [4.69, 9.17) is 10.2 Å². The van der Waals surface area contributed by atoms with Crippen LogP contribution < -0.4 is 11.1 Å². The third-order valence-corrected chi connectivity index (χ3v) is 4.10. The SMILES string of the molecule is Cc1ccc(-c2cnc(CN=C(N)Nc3cccc(C(C)C)c3)o2)cc1.I. The molecule has 0 aliphatic rings. The molecule has 0 amide bonds. The predicted molar refractivity (Wildman–Crippen MR) is 122 cm³/mol. The predicted octanol–water partition coefficient (Wildman–Crippen LogP) is 5.32. The fourth-order valence-corrected chi connectivity index (χ4v) is 2.55. The zero-order valence-electron chi connectivity index (χ0n) is 15.8. The molecule has 1 heterocycles. The number of hydrogen-bond donors (Lipinski definition) is 2. The van der Waals surface area contributed by atoms with Crippen LogP contribution in [0.25, 0.3) is 11.3 Å². The summed E-state index contributed by atoms with van der Waals surface area (Å²) in [7, 11) is 0. The van der Waals surface area contributed by atoms with Crippen LogP contribution in [0.3, 0.4) is 0 Å². The molecule has 3 N–H and O–H groups in total. The van der Waals surface area contributed by atoms with Crippen molar-refractivity contribution >= 4 is 35.6 Å². The molecular formula is C21H25IN4O. The number of halogens is 1. The third kappa shape index (κ3) is 5.82. The maximum Gasteiger partial charge on any atom is 0.216 e. The van der Waals surface area contributed by atoms with Crippen molar-refractivity contribution in [2.45, 2.75) is 33.2 Å². The van der Waals surface area contributed by atoms with Gasteiger partial charge in [-0.1, -0.05) is 55.8 Å². The largest absolute Gasteiger partial charge is 0.439 e. The van der Waals surface area contributed by atoms with Gasteiger partial charge in [-0.25, -0.2) is 9.98 Å². The molecule has 0 bridgehead atoms. The van der Waals surface area contributed by atoms with E-state index in [0.29, 0.717) is 17.8 Å². The molecule has 0 spiro atoms. The zero-order valence-corrected chi connectivity index (χ0v) is 18.1. The van der Waals surface area contributed by atoms with Gasteiger partial charge in [0.1, 0.15) is 6.54 Å². The first-order valence-corrected chi connectivity index (χ1v) is 8.70. The molecule has 0 saturated heterocycles. The van der Waals surface area contributed by atoms with Crippen LogP contribution in [0.4, 0.5) is 5.69 Å². The smallest absolute Gasteiger partial charge is 0.216 e. The van der Waals surface area contributed by atoms with Crippen molar-refractivity contribution in [3.05, 3.63) is 71.7 Å². The molecule has 6 heteroatoms. The molecule has 0 aliphatic carbocycles. The fraction of sp³-hybridized carbons (Fsp3) is 0.238. The van der Waals surface area contributed by atoms with Gasteiger partial charge in [-0.2, -0.15) is 0 Å². The van der Waals surface area contributed by atoms with Crippen molar-refractivity contribution in [3.63, 3.8) is 0 Å². The molecule has 3 aromatic rings. The average Bonchev–Trinajstić information content (AvgIpc) is 3.10. The summed E-state index contributed by atoms with van der Waals surface area (Å²) in [6, 6.07) is 16.3. The molecule has 0 saturated carbocycles. The second-order valence-electron chi connectivity index (χ2n) is 6.59. The Morgan fingerprint density at radius 1 is 1.19 bits per heavy atom. The first-order valence-electron chi connectivity index (χ1n) is 8.70. The molecule has 5 nitrogen and oxygen atoms in total. The van der Waals surface area contributed by atoms with E-state index in [-0.39, 0.29) is 30.5 Å². The highest BCUT2D eigenvalue weighted by molar-refractivity contribution is 14.0. The van der Waals surface area contributed by atoms with Gasteiger partial charge in [-0.15, -0.1) is 24.0 Å². The van der Waals surface area contributed by atoms with Crippen molar-refractivity contribution < 1.29 is 4.42 Å². The number of nitrogens with zero attached hydrogens (tertiary/aromatic N) is 2. The summed E-state index contributed by atoms with van der Waals surface area (Å²) in [6.07, 6.45) is 1.71. The lowest BCUT2D eigenvalue weighted by molar-refractivity contribution is 0.510. The lowest BCUT2D eigenvalue weighted by atomic mass is 10.0. The van der Waals surface area contributed by atoms with Gasteiger partial charge in [-0.3, -0.25) is 0 Å². The molecule has 142 valence electrons. The second kappa shape index (κ2) is 9.55. The quantitative estimate of drug-likeness (QED) is 0.297. The highest BCUT2D eigenvalue weighted by Gasteiger charge is 2.06. The topological polar surface area (TPSA) is 76.4 Å². The lowest BCUT2D eigenvalue weighted by Crippen LogP contribution is -2.22. The van der Waals surface area contributed by atoms with E-state index in [9.17, 15) is 0 Å². The Bertz CT molecular complexity index is 901. The summed E-state index contributed by atoms with van der Waals surface area (Å²) in [6.45, 7) is 6.65. The van der Waals surface area contributed by atoms with Gasteiger partial charge in [0.15, 0.2) is 11.7 Å². The summed E-state index contributed by atoms with van der Waals surface area (Å²) >= 11 is 0. The average molecular weight is 476 g/mol. The van der Waals surface area contributed by atoms with Crippen molar-refractivity contribution in [2.24, 2.45) is 10.7 Å². The lowest BCUT2D eigenvalue weighted by Gasteiger charge is -2.09. The minimum Gasteiger partial charge on any atom is -0.439 e. The number of oxazole rings is 1. The van der Waals surface area contributed by atoms with Crippen LogP contribution in [0.5, 0.6) is 0 Å². The Labute approximate surface area is 177 Å². The monoisotopic (exact) mass is 476 g/mol. The molecule has 2 aromatic carbocycles. The summed E-state index contributed by atoms with van der Waals surface area (Å²) in [5, 5.41) is 3.11. The van der Waals surface area contributed by atoms with Crippen molar-refractivity contribution in [2.75, 3.05) is 5.32 Å². The molecule has 0 radical (unpaired) electrons. The number of hydrogen-bond acceptors (Lipinski definition) is 3. The second-order valence-corrected chi connectivity index (χ2v) is 6.59. The van der Waals surface area contributed by atoms with E-state index >= 15 is 0 Å². The normalized spacial score (nSPS) is 11.3. The maximum atomic E-state index is 5.98. The summed E-state index contributed by atoms with van der Waals surface area (Å²) in [5.74, 6) is 2.05. The Morgan fingerprint density at radius 2 is 1.93 bits per heavy atom. The van der Waals surface area contributed by atoms with E-state index in [1.807, 2.05) is 36.4 Å². The Kier molecular flexibility index (Phi) is 7.41. The molecular weight excluding hydrogens is 451 g/mol. The minimum atomic E-state index is 0. The minimum absolute atomic E-state index is 0. The van der Waals surface area contributed by atoms with Crippen LogP contribution in [0.1, 0.15) is 36.8 Å². The van der Waals surface area contributed by atoms with Gasteiger partial charge >= 0.3 is 0 Å². The van der Waals surface area contributed by atoms with Gasteiger partial charge in [-0.05, 0) is 30.5 Å². The molecule has 27 heavy (non-hydrogen) atoms. The van der Waals surface area contributed by atoms with E-state index in [2.05, 4.69) is 48.2 Å². The first kappa shape index (κ1) is 21.0. The number of guanidine groups is 1. The van der Waals surface area contributed by atoms with Crippen LogP contribution in [0.15, 0.2) is 64.1 Å². The van der Waals surface area contributed by atoms with E-state index < -0.39 is 0 Å². The van der Waals surface area contributed by atoms with Crippen LogP contribution >= 0.6 is 24.0 Å². The van der Waals surface area contributed by atoms with Gasteiger partial charge in [0.2, 0.25) is 5.89 Å². The number of rotatable bonds is 5. The van der Waals surface area contributed by atoms with Gasteiger partial charge in [0.25, 0.3) is 0 Å². The Hall–Kier alpha value is -2.35. The molecule has 0 unspecified atom stereocenters. The molecule has 0 atom stereocenters. The summed E-state index contributed by atoms with van der Waals surface area (Å²) < 4.78 is 5.76. The summed E-state index contributed by atoms with van der Waals surface area (Å²) in [5.41, 5.74) is 10.4. The summed E-state index contributed by atoms with van der Waals surface area (Å²) in [4.78, 5) is 8.59. The number of aryl methyl sites for hydroxylation is 1. The van der Waals surface area contributed by atoms with Gasteiger partial charge in [0, 0.05) is 11.3 Å². The van der Waals surface area contributed by atoms with E-state index in [1.54, 1.807) is 6.20 Å². The highest BCUT2D eigenvalue weighted by atomic mass is 127. The number of anilines is 1. The molecule has 1 aromatic heterocycles. The Morgan fingerprint density at radius 3 is 2.63 bits per heavy atom. The van der Waals surface area contributed by atoms with Crippen LogP contribution in [-0.2, 0) is 6.54 Å². The number of benzene rings is 2. The maximum absolute atomic E-state index is 5.98. The number of nitrogens with one attached hydrogen (secondary N) is 1. The third-order valence-electron chi connectivity index (χ3n) is 4.10. The fourth-order valence-electron chi connectivity index (χ4n) is 2.55. The van der Waals surface area contributed by atoms with Crippen LogP contribution in [0.2, 0.25) is 0 Å². The van der Waals surface area contributed by atoms with Crippen molar-refractivity contribution in [1.29, 1.82) is 0 Å². The van der Waals surface area contributed by atoms with E-state index in [1.165, 1.54) is 11.1 Å². The van der Waals surface area contributed by atoms with Crippen LogP contribution in [0, 0.1) is 6.92 Å².